The lowest BCUT2D eigenvalue weighted by atomic mass is 10.4. The van der Waals surface area contributed by atoms with E-state index in [2.05, 4.69) is 14.8 Å². The summed E-state index contributed by atoms with van der Waals surface area (Å²) in [6.45, 7) is 2.41. The molecule has 0 aromatic carbocycles. The molecule has 1 atom stereocenters. The van der Waals surface area contributed by atoms with Gasteiger partial charge in [-0.3, -0.25) is 4.72 Å². The van der Waals surface area contributed by atoms with Gasteiger partial charge in [0.1, 0.15) is 0 Å². The molecule has 0 bridgehead atoms. The van der Waals surface area contributed by atoms with Gasteiger partial charge >= 0.3 is 0 Å². The summed E-state index contributed by atoms with van der Waals surface area (Å²) in [6, 6.07) is 0. The fourth-order valence-corrected chi connectivity index (χ4v) is 3.21. The van der Waals surface area contributed by atoms with Gasteiger partial charge in [-0.2, -0.15) is 0 Å². The Hall–Kier alpha value is 0.620. The molecule has 10 heavy (non-hydrogen) atoms. The summed E-state index contributed by atoms with van der Waals surface area (Å²) in [5.74, 6) is 2.29. The maximum atomic E-state index is 3.30. The van der Waals surface area contributed by atoms with Crippen molar-refractivity contribution in [1.82, 2.24) is 9.03 Å². The third-order valence-electron chi connectivity index (χ3n) is 1.71. The molecule has 57 valence electrons. The van der Waals surface area contributed by atoms with Gasteiger partial charge in [0.15, 0.2) is 0 Å². The smallest absolute Gasteiger partial charge is 0.0812 e. The summed E-state index contributed by atoms with van der Waals surface area (Å²) in [5, 5.41) is 0.726. The van der Waals surface area contributed by atoms with Gasteiger partial charge in [0.2, 0.25) is 0 Å². The molecule has 0 aromatic rings. The van der Waals surface area contributed by atoms with Crippen molar-refractivity contribution in [1.29, 1.82) is 0 Å². The Morgan fingerprint density at radius 1 is 1.60 bits per heavy atom. The van der Waals surface area contributed by atoms with Crippen LogP contribution in [-0.4, -0.2) is 22.8 Å². The van der Waals surface area contributed by atoms with Crippen molar-refractivity contribution in [3.63, 3.8) is 0 Å². The predicted molar refractivity (Wildman–Crippen MR) is 47.2 cm³/mol. The third-order valence-corrected chi connectivity index (χ3v) is 4.07. The molecule has 0 aliphatic carbocycles. The van der Waals surface area contributed by atoms with Crippen molar-refractivity contribution in [2.45, 2.75) is 18.2 Å². The molecule has 2 nitrogen and oxygen atoms in total. The van der Waals surface area contributed by atoms with Crippen molar-refractivity contribution >= 4 is 23.9 Å². The van der Waals surface area contributed by atoms with Crippen LogP contribution in [0.1, 0.15) is 12.8 Å². The van der Waals surface area contributed by atoms with E-state index in [9.17, 15) is 0 Å². The average molecular weight is 175 g/mol. The Morgan fingerprint density at radius 3 is 3.20 bits per heavy atom. The van der Waals surface area contributed by atoms with Crippen LogP contribution in [0.4, 0.5) is 0 Å². The van der Waals surface area contributed by atoms with Gasteiger partial charge in [-0.05, 0) is 12.8 Å². The molecule has 2 rings (SSSR count). The fraction of sp³-hybridized carbons (Fsp3) is 0.833. The molecule has 4 heteroatoms. The lowest BCUT2D eigenvalue weighted by Crippen LogP contribution is -2.21. The Bertz CT molecular complexity index is 94.3. The van der Waals surface area contributed by atoms with Gasteiger partial charge in [0, 0.05) is 18.8 Å². The number of rotatable bonds is 1. The first kappa shape index (κ1) is 7.28. The molecule has 0 spiro atoms. The van der Waals surface area contributed by atoms with E-state index in [1.54, 1.807) is 0 Å². The Balaban J connectivity index is 1.85. The van der Waals surface area contributed by atoms with E-state index in [0.29, 0.717) is 0 Å². The highest BCUT2D eigenvalue weighted by molar-refractivity contribution is 8.02. The second-order valence-corrected chi connectivity index (χ2v) is 4.54. The molecule has 2 saturated heterocycles. The molecular weight excluding hydrogens is 164 g/mol. The standard InChI is InChI=1S/C6H11N2S2/c1-4-8(9-5-1)6-2-3-7-10-6/h5-7H,1-4H2. The van der Waals surface area contributed by atoms with Gasteiger partial charge in [0.25, 0.3) is 0 Å². The third kappa shape index (κ3) is 1.44. The average Bonchev–Trinajstić information content (AvgIpc) is 2.59. The summed E-state index contributed by atoms with van der Waals surface area (Å²) in [6.07, 6.45) is 2.55. The van der Waals surface area contributed by atoms with E-state index in [1.165, 1.54) is 25.9 Å². The maximum absolute atomic E-state index is 3.30. The highest BCUT2D eigenvalue weighted by Crippen LogP contribution is 2.33. The van der Waals surface area contributed by atoms with Gasteiger partial charge < -0.3 is 0 Å². The van der Waals surface area contributed by atoms with E-state index >= 15 is 0 Å². The number of nitrogens with zero attached hydrogens (tertiary/aromatic N) is 1. The van der Waals surface area contributed by atoms with E-state index in [1.807, 2.05) is 23.9 Å². The first-order valence-corrected chi connectivity index (χ1v) is 5.32. The van der Waals surface area contributed by atoms with Gasteiger partial charge in [-0.1, -0.05) is 23.9 Å². The fourth-order valence-electron chi connectivity index (χ4n) is 1.19. The molecule has 2 aliphatic rings. The summed E-state index contributed by atoms with van der Waals surface area (Å²) < 4.78 is 5.76. The van der Waals surface area contributed by atoms with Crippen molar-refractivity contribution in [2.24, 2.45) is 0 Å². The zero-order valence-electron chi connectivity index (χ0n) is 5.75. The van der Waals surface area contributed by atoms with Crippen LogP contribution in [0.15, 0.2) is 0 Å². The molecule has 1 N–H and O–H groups in total. The Labute approximate surface area is 70.4 Å². The lowest BCUT2D eigenvalue weighted by molar-refractivity contribution is 0.463. The predicted octanol–water partition coefficient (Wildman–Crippen LogP) is 1.47. The quantitative estimate of drug-likeness (QED) is 0.607. The number of hydrogen-bond donors (Lipinski definition) is 1. The Morgan fingerprint density at radius 2 is 2.60 bits per heavy atom. The topological polar surface area (TPSA) is 15.3 Å². The normalized spacial score (nSPS) is 35.4. The van der Waals surface area contributed by atoms with Gasteiger partial charge in [-0.15, -0.1) is 0 Å². The summed E-state index contributed by atoms with van der Waals surface area (Å²) in [4.78, 5) is 0. The SMILES string of the molecule is [CH]1CCN(C2CCNS2)S1. The summed E-state index contributed by atoms with van der Waals surface area (Å²) >= 11 is 3.76. The molecule has 0 amide bonds. The molecule has 2 aliphatic heterocycles. The maximum Gasteiger partial charge on any atom is 0.0812 e. The summed E-state index contributed by atoms with van der Waals surface area (Å²) in [7, 11) is 0. The minimum absolute atomic E-state index is 0.726. The number of nitrogens with one attached hydrogen (secondary N) is 1. The van der Waals surface area contributed by atoms with E-state index < -0.39 is 0 Å². The second-order valence-electron chi connectivity index (χ2n) is 2.46. The minimum atomic E-state index is 0.726. The van der Waals surface area contributed by atoms with Crippen molar-refractivity contribution in [3.05, 3.63) is 5.75 Å². The Kier molecular flexibility index (Phi) is 2.43. The number of hydrogen-bond acceptors (Lipinski definition) is 4. The van der Waals surface area contributed by atoms with E-state index in [0.717, 1.165) is 5.37 Å². The van der Waals surface area contributed by atoms with Crippen molar-refractivity contribution < 1.29 is 0 Å². The minimum Gasteiger partial charge on any atom is -0.263 e. The van der Waals surface area contributed by atoms with Crippen LogP contribution in [0.25, 0.3) is 0 Å². The first-order chi connectivity index (χ1) is 4.97. The molecule has 0 saturated carbocycles. The lowest BCUT2D eigenvalue weighted by Gasteiger charge is -2.18. The van der Waals surface area contributed by atoms with Crippen LogP contribution < -0.4 is 4.72 Å². The molecule has 1 radical (unpaired) electrons. The van der Waals surface area contributed by atoms with E-state index in [4.69, 9.17) is 0 Å². The van der Waals surface area contributed by atoms with Crippen LogP contribution in [0, 0.1) is 5.75 Å². The molecular formula is C6H11N2S2. The van der Waals surface area contributed by atoms with Crippen LogP contribution in [0.2, 0.25) is 0 Å². The highest BCUT2D eigenvalue weighted by Gasteiger charge is 2.26. The summed E-state index contributed by atoms with van der Waals surface area (Å²) in [5.41, 5.74) is 0. The van der Waals surface area contributed by atoms with Crippen LogP contribution in [0.5, 0.6) is 0 Å². The van der Waals surface area contributed by atoms with Gasteiger partial charge in [-0.25, -0.2) is 4.31 Å². The van der Waals surface area contributed by atoms with Crippen LogP contribution in [0.3, 0.4) is 0 Å². The van der Waals surface area contributed by atoms with E-state index in [-0.39, 0.29) is 0 Å². The molecule has 0 aromatic heterocycles. The molecule has 1 unspecified atom stereocenters. The van der Waals surface area contributed by atoms with Crippen LogP contribution >= 0.6 is 23.9 Å². The second kappa shape index (κ2) is 3.34. The van der Waals surface area contributed by atoms with Crippen molar-refractivity contribution in [3.8, 4) is 0 Å². The zero-order chi connectivity index (χ0) is 6.81. The highest BCUT2D eigenvalue weighted by atomic mass is 32.2. The zero-order valence-corrected chi connectivity index (χ0v) is 7.38. The van der Waals surface area contributed by atoms with Crippen molar-refractivity contribution in [2.75, 3.05) is 13.1 Å². The molecule has 2 fully saturated rings. The van der Waals surface area contributed by atoms with Crippen LogP contribution in [-0.2, 0) is 0 Å². The largest absolute Gasteiger partial charge is 0.263 e. The monoisotopic (exact) mass is 175 g/mol. The van der Waals surface area contributed by atoms with Gasteiger partial charge in [0.05, 0.1) is 5.37 Å². The first-order valence-electron chi connectivity index (χ1n) is 3.60. The molecule has 2 heterocycles.